The first-order valence-electron chi connectivity index (χ1n) is 6.52. The first-order valence-corrected chi connectivity index (χ1v) is 6.52. The van der Waals surface area contributed by atoms with E-state index in [1.807, 2.05) is 37.3 Å². The number of hydrogen-bond acceptors (Lipinski definition) is 4. The summed E-state index contributed by atoms with van der Waals surface area (Å²) in [5.41, 5.74) is 1.58. The maximum Gasteiger partial charge on any atom is 0.339 e. The van der Waals surface area contributed by atoms with E-state index in [1.54, 1.807) is 0 Å². The van der Waals surface area contributed by atoms with E-state index in [9.17, 15) is 9.59 Å². The fraction of sp³-hybridized carbons (Fsp3) is 0.188. The smallest absolute Gasteiger partial charge is 0.339 e. The molecule has 108 valence electrons. The zero-order valence-corrected chi connectivity index (χ0v) is 11.9. The SMILES string of the molecule is COC(=O)c1ccc(C(=O)NC(C)c2ccccc2)nc1. The fourth-order valence-corrected chi connectivity index (χ4v) is 1.86. The van der Waals surface area contributed by atoms with Crippen molar-refractivity contribution in [2.24, 2.45) is 0 Å². The van der Waals surface area contributed by atoms with Crippen LogP contribution in [0.25, 0.3) is 0 Å². The van der Waals surface area contributed by atoms with Crippen molar-refractivity contribution in [3.63, 3.8) is 0 Å². The fourth-order valence-electron chi connectivity index (χ4n) is 1.86. The summed E-state index contributed by atoms with van der Waals surface area (Å²) in [4.78, 5) is 27.4. The van der Waals surface area contributed by atoms with Crippen molar-refractivity contribution in [2.75, 3.05) is 7.11 Å². The Morgan fingerprint density at radius 2 is 1.86 bits per heavy atom. The number of methoxy groups -OCH3 is 1. The number of nitrogens with one attached hydrogen (secondary N) is 1. The van der Waals surface area contributed by atoms with Crippen LogP contribution < -0.4 is 5.32 Å². The monoisotopic (exact) mass is 284 g/mol. The molecule has 0 saturated heterocycles. The standard InChI is InChI=1S/C16H16N2O3/c1-11(12-6-4-3-5-7-12)18-15(19)14-9-8-13(10-17-14)16(20)21-2/h3-11H,1-2H3,(H,18,19). The Morgan fingerprint density at radius 3 is 2.43 bits per heavy atom. The van der Waals surface area contributed by atoms with E-state index >= 15 is 0 Å². The van der Waals surface area contributed by atoms with Gasteiger partial charge in [0, 0.05) is 6.20 Å². The van der Waals surface area contributed by atoms with Crippen LogP contribution in [-0.2, 0) is 4.74 Å². The quantitative estimate of drug-likeness (QED) is 0.875. The Labute approximate surface area is 123 Å². The van der Waals surface area contributed by atoms with Gasteiger partial charge in [-0.2, -0.15) is 0 Å². The molecule has 2 rings (SSSR count). The zero-order valence-electron chi connectivity index (χ0n) is 11.9. The average molecular weight is 284 g/mol. The van der Waals surface area contributed by atoms with E-state index in [0.29, 0.717) is 5.56 Å². The number of benzene rings is 1. The van der Waals surface area contributed by atoms with Crippen molar-refractivity contribution in [3.8, 4) is 0 Å². The van der Waals surface area contributed by atoms with Gasteiger partial charge in [-0.15, -0.1) is 0 Å². The molecule has 0 saturated carbocycles. The predicted molar refractivity (Wildman–Crippen MR) is 77.9 cm³/mol. The summed E-state index contributed by atoms with van der Waals surface area (Å²) < 4.78 is 4.58. The number of amides is 1. The zero-order chi connectivity index (χ0) is 15.2. The maximum atomic E-state index is 12.1. The van der Waals surface area contributed by atoms with E-state index in [-0.39, 0.29) is 17.6 Å². The third-order valence-electron chi connectivity index (χ3n) is 3.06. The number of rotatable bonds is 4. The number of pyridine rings is 1. The molecule has 21 heavy (non-hydrogen) atoms. The number of ether oxygens (including phenoxy) is 1. The van der Waals surface area contributed by atoms with Crippen LogP contribution >= 0.6 is 0 Å². The molecule has 0 radical (unpaired) electrons. The van der Waals surface area contributed by atoms with Crippen LogP contribution in [0.3, 0.4) is 0 Å². The second-order valence-corrected chi connectivity index (χ2v) is 4.53. The number of carbonyl (C=O) groups excluding carboxylic acids is 2. The lowest BCUT2D eigenvalue weighted by Gasteiger charge is -2.13. The number of hydrogen-bond donors (Lipinski definition) is 1. The van der Waals surface area contributed by atoms with Gasteiger partial charge < -0.3 is 10.1 Å². The van der Waals surface area contributed by atoms with Crippen LogP contribution in [0.15, 0.2) is 48.7 Å². The van der Waals surface area contributed by atoms with Crippen LogP contribution in [0.1, 0.15) is 39.4 Å². The minimum absolute atomic E-state index is 0.124. The topological polar surface area (TPSA) is 68.3 Å². The maximum absolute atomic E-state index is 12.1. The second kappa shape index (κ2) is 6.65. The van der Waals surface area contributed by atoms with E-state index in [0.717, 1.165) is 5.56 Å². The molecule has 1 unspecified atom stereocenters. The Kier molecular flexibility index (Phi) is 4.66. The van der Waals surface area contributed by atoms with Crippen molar-refractivity contribution in [3.05, 3.63) is 65.5 Å². The number of aromatic nitrogens is 1. The van der Waals surface area contributed by atoms with Crippen LogP contribution in [0.4, 0.5) is 0 Å². The summed E-state index contributed by atoms with van der Waals surface area (Å²) in [5, 5.41) is 2.86. The summed E-state index contributed by atoms with van der Waals surface area (Å²) in [5.74, 6) is -0.769. The minimum Gasteiger partial charge on any atom is -0.465 e. The lowest BCUT2D eigenvalue weighted by Crippen LogP contribution is -2.27. The Balaban J connectivity index is 2.05. The van der Waals surface area contributed by atoms with Gasteiger partial charge in [-0.3, -0.25) is 9.78 Å². The highest BCUT2D eigenvalue weighted by Crippen LogP contribution is 2.12. The van der Waals surface area contributed by atoms with Gasteiger partial charge in [-0.1, -0.05) is 30.3 Å². The summed E-state index contributed by atoms with van der Waals surface area (Å²) >= 11 is 0. The van der Waals surface area contributed by atoms with E-state index in [4.69, 9.17) is 0 Å². The van der Waals surface area contributed by atoms with E-state index in [2.05, 4.69) is 15.0 Å². The van der Waals surface area contributed by atoms with Gasteiger partial charge in [0.2, 0.25) is 0 Å². The van der Waals surface area contributed by atoms with Crippen molar-refractivity contribution >= 4 is 11.9 Å². The summed E-state index contributed by atoms with van der Waals surface area (Å²) in [6, 6.07) is 12.5. The van der Waals surface area contributed by atoms with Gasteiger partial charge >= 0.3 is 5.97 Å². The summed E-state index contributed by atoms with van der Waals surface area (Å²) in [6.07, 6.45) is 1.33. The van der Waals surface area contributed by atoms with E-state index in [1.165, 1.54) is 25.4 Å². The molecular formula is C16H16N2O3. The highest BCUT2D eigenvalue weighted by Gasteiger charge is 2.13. The average Bonchev–Trinajstić information content (AvgIpc) is 2.55. The molecule has 0 aliphatic rings. The van der Waals surface area contributed by atoms with Gasteiger partial charge in [0.05, 0.1) is 18.7 Å². The molecule has 1 heterocycles. The van der Waals surface area contributed by atoms with Crippen molar-refractivity contribution < 1.29 is 14.3 Å². The predicted octanol–water partition coefficient (Wildman–Crippen LogP) is 2.36. The Hall–Kier alpha value is -2.69. The molecule has 5 nitrogen and oxygen atoms in total. The van der Waals surface area contributed by atoms with Crippen molar-refractivity contribution in [1.29, 1.82) is 0 Å². The Bertz CT molecular complexity index is 624. The molecule has 0 bridgehead atoms. The molecule has 1 aromatic heterocycles. The van der Waals surface area contributed by atoms with Crippen LogP contribution in [0, 0.1) is 0 Å². The largest absolute Gasteiger partial charge is 0.465 e. The normalized spacial score (nSPS) is 11.5. The highest BCUT2D eigenvalue weighted by molar-refractivity contribution is 5.94. The van der Waals surface area contributed by atoms with Crippen molar-refractivity contribution in [1.82, 2.24) is 10.3 Å². The van der Waals surface area contributed by atoms with E-state index < -0.39 is 5.97 Å². The van der Waals surface area contributed by atoms with Gasteiger partial charge in [0.1, 0.15) is 5.69 Å². The lowest BCUT2D eigenvalue weighted by atomic mass is 10.1. The number of esters is 1. The summed E-state index contributed by atoms with van der Waals surface area (Å²) in [7, 11) is 1.30. The lowest BCUT2D eigenvalue weighted by molar-refractivity contribution is 0.0599. The summed E-state index contributed by atoms with van der Waals surface area (Å²) in [6.45, 7) is 1.90. The second-order valence-electron chi connectivity index (χ2n) is 4.53. The molecule has 1 N–H and O–H groups in total. The highest BCUT2D eigenvalue weighted by atomic mass is 16.5. The minimum atomic E-state index is -0.480. The number of carbonyl (C=O) groups is 2. The first kappa shape index (κ1) is 14.7. The van der Waals surface area contributed by atoms with Crippen LogP contribution in [0.5, 0.6) is 0 Å². The first-order chi connectivity index (χ1) is 10.1. The van der Waals surface area contributed by atoms with Crippen LogP contribution in [-0.4, -0.2) is 24.0 Å². The molecule has 0 spiro atoms. The molecule has 0 aliphatic carbocycles. The molecule has 1 amide bonds. The Morgan fingerprint density at radius 1 is 1.14 bits per heavy atom. The molecule has 5 heteroatoms. The molecule has 2 aromatic rings. The van der Waals surface area contributed by atoms with Crippen LogP contribution in [0.2, 0.25) is 0 Å². The van der Waals surface area contributed by atoms with Gasteiger partial charge in [0.25, 0.3) is 5.91 Å². The molecule has 1 atom stereocenters. The van der Waals surface area contributed by atoms with Crippen molar-refractivity contribution in [2.45, 2.75) is 13.0 Å². The number of nitrogens with zero attached hydrogens (tertiary/aromatic N) is 1. The van der Waals surface area contributed by atoms with Gasteiger partial charge in [-0.05, 0) is 24.6 Å². The molecular weight excluding hydrogens is 268 g/mol. The van der Waals surface area contributed by atoms with Gasteiger partial charge in [-0.25, -0.2) is 4.79 Å². The third kappa shape index (κ3) is 3.66. The third-order valence-corrected chi connectivity index (χ3v) is 3.06. The van der Waals surface area contributed by atoms with Gasteiger partial charge in [0.15, 0.2) is 0 Å². The molecule has 0 aliphatic heterocycles. The molecule has 1 aromatic carbocycles. The molecule has 0 fully saturated rings.